The second kappa shape index (κ2) is 7.65. The number of amides is 1. The Morgan fingerprint density at radius 3 is 2.44 bits per heavy atom. The molecule has 1 amide bonds. The molecule has 0 unspecified atom stereocenters. The summed E-state index contributed by atoms with van der Waals surface area (Å²) in [5.74, 6) is -1.07. The number of ether oxygens (including phenoxy) is 2. The number of carbonyl (C=O) groups is 3. The van der Waals surface area contributed by atoms with E-state index in [-0.39, 0.29) is 18.7 Å². The maximum absolute atomic E-state index is 12.3. The molecule has 1 N–H and O–H groups in total. The van der Waals surface area contributed by atoms with Gasteiger partial charge in [0.15, 0.2) is 12.4 Å². The van der Waals surface area contributed by atoms with Crippen molar-refractivity contribution in [1.82, 2.24) is 4.90 Å². The molecular weight excluding hydrogens is 326 g/mol. The van der Waals surface area contributed by atoms with Gasteiger partial charge in [-0.15, -0.1) is 0 Å². The van der Waals surface area contributed by atoms with Crippen LogP contribution in [0.25, 0.3) is 0 Å². The molecule has 2 atom stereocenters. The predicted molar refractivity (Wildman–Crippen MR) is 89.1 cm³/mol. The first kappa shape index (κ1) is 18.9. The van der Waals surface area contributed by atoms with Gasteiger partial charge in [-0.2, -0.15) is 0 Å². The first-order valence-corrected chi connectivity index (χ1v) is 8.10. The van der Waals surface area contributed by atoms with Crippen LogP contribution in [0.2, 0.25) is 0 Å². The highest BCUT2D eigenvalue weighted by Gasteiger charge is 2.42. The van der Waals surface area contributed by atoms with Crippen molar-refractivity contribution < 1.29 is 29.0 Å². The van der Waals surface area contributed by atoms with Gasteiger partial charge in [-0.05, 0) is 20.8 Å². The average molecular weight is 349 g/mol. The van der Waals surface area contributed by atoms with Crippen LogP contribution in [0.15, 0.2) is 30.3 Å². The van der Waals surface area contributed by atoms with Crippen molar-refractivity contribution >= 4 is 17.8 Å². The molecule has 0 saturated carbocycles. The van der Waals surface area contributed by atoms with Gasteiger partial charge in [0.2, 0.25) is 0 Å². The Labute approximate surface area is 146 Å². The molecule has 0 radical (unpaired) electrons. The van der Waals surface area contributed by atoms with Crippen molar-refractivity contribution in [2.24, 2.45) is 0 Å². The second-order valence-electron chi connectivity index (χ2n) is 6.93. The zero-order chi connectivity index (χ0) is 18.6. The van der Waals surface area contributed by atoms with Gasteiger partial charge in [-0.25, -0.2) is 9.59 Å². The SMILES string of the molecule is CC(C)(C)OC(=O)N1C[C@H](O)C[C@@H]1C(=O)OCC(=O)c1ccccc1. The third kappa shape index (κ3) is 5.29. The van der Waals surface area contributed by atoms with E-state index >= 15 is 0 Å². The minimum absolute atomic E-state index is 0.0126. The fourth-order valence-electron chi connectivity index (χ4n) is 2.50. The number of nitrogens with zero attached hydrogens (tertiary/aromatic N) is 1. The zero-order valence-electron chi connectivity index (χ0n) is 14.6. The van der Waals surface area contributed by atoms with Crippen molar-refractivity contribution in [2.45, 2.75) is 44.9 Å². The molecule has 7 heteroatoms. The number of benzene rings is 1. The van der Waals surface area contributed by atoms with Crippen LogP contribution in [0.3, 0.4) is 0 Å². The van der Waals surface area contributed by atoms with E-state index in [4.69, 9.17) is 9.47 Å². The van der Waals surface area contributed by atoms with Crippen molar-refractivity contribution in [3.05, 3.63) is 35.9 Å². The number of aliphatic hydroxyl groups is 1. The largest absolute Gasteiger partial charge is 0.456 e. The van der Waals surface area contributed by atoms with E-state index in [1.54, 1.807) is 51.1 Å². The van der Waals surface area contributed by atoms with Crippen LogP contribution < -0.4 is 0 Å². The lowest BCUT2D eigenvalue weighted by Gasteiger charge is -2.27. The van der Waals surface area contributed by atoms with Crippen LogP contribution >= 0.6 is 0 Å². The van der Waals surface area contributed by atoms with Crippen molar-refractivity contribution in [1.29, 1.82) is 0 Å². The maximum Gasteiger partial charge on any atom is 0.411 e. The van der Waals surface area contributed by atoms with Gasteiger partial charge < -0.3 is 14.6 Å². The van der Waals surface area contributed by atoms with Gasteiger partial charge in [0.05, 0.1) is 12.6 Å². The van der Waals surface area contributed by atoms with Crippen molar-refractivity contribution in [3.8, 4) is 0 Å². The Morgan fingerprint density at radius 1 is 1.20 bits per heavy atom. The standard InChI is InChI=1S/C18H23NO6/c1-18(2,3)25-17(23)19-10-13(20)9-14(19)16(22)24-11-15(21)12-7-5-4-6-8-12/h4-8,13-14,20H,9-11H2,1-3H3/t13-,14-/m1/s1. The van der Waals surface area contributed by atoms with E-state index in [1.807, 2.05) is 0 Å². The molecule has 1 heterocycles. The number of ketones is 1. The van der Waals surface area contributed by atoms with Gasteiger partial charge in [0.1, 0.15) is 11.6 Å². The van der Waals surface area contributed by atoms with Crippen LogP contribution in [0.5, 0.6) is 0 Å². The third-order valence-corrected chi connectivity index (χ3v) is 3.62. The van der Waals surface area contributed by atoms with Gasteiger partial charge >= 0.3 is 12.1 Å². The molecule has 1 aliphatic heterocycles. The number of rotatable bonds is 4. The minimum atomic E-state index is -0.964. The Bertz CT molecular complexity index is 637. The summed E-state index contributed by atoms with van der Waals surface area (Å²) in [6.07, 6.45) is -1.48. The Kier molecular flexibility index (Phi) is 5.79. The average Bonchev–Trinajstić information content (AvgIpc) is 2.93. The smallest absolute Gasteiger partial charge is 0.411 e. The molecule has 0 aliphatic carbocycles. The van der Waals surface area contributed by atoms with E-state index in [9.17, 15) is 19.5 Å². The lowest BCUT2D eigenvalue weighted by Crippen LogP contribution is -2.44. The molecule has 1 aromatic carbocycles. The number of aliphatic hydroxyl groups excluding tert-OH is 1. The van der Waals surface area contributed by atoms with E-state index in [0.717, 1.165) is 4.90 Å². The van der Waals surface area contributed by atoms with Crippen LogP contribution in [-0.4, -0.2) is 58.8 Å². The summed E-state index contributed by atoms with van der Waals surface area (Å²) >= 11 is 0. The lowest BCUT2D eigenvalue weighted by atomic mass is 10.1. The molecule has 136 valence electrons. The first-order valence-electron chi connectivity index (χ1n) is 8.10. The van der Waals surface area contributed by atoms with Crippen LogP contribution in [0, 0.1) is 0 Å². The Morgan fingerprint density at radius 2 is 1.84 bits per heavy atom. The highest BCUT2D eigenvalue weighted by atomic mass is 16.6. The fourth-order valence-corrected chi connectivity index (χ4v) is 2.50. The normalized spacial score (nSPS) is 20.2. The molecule has 1 fully saturated rings. The quantitative estimate of drug-likeness (QED) is 0.658. The Hall–Kier alpha value is -2.41. The van der Waals surface area contributed by atoms with Gasteiger partial charge in [0, 0.05) is 12.0 Å². The Balaban J connectivity index is 1.96. The molecule has 0 bridgehead atoms. The summed E-state index contributed by atoms with van der Waals surface area (Å²) in [6.45, 7) is 4.70. The highest BCUT2D eigenvalue weighted by molar-refractivity contribution is 5.98. The number of hydrogen-bond donors (Lipinski definition) is 1. The van der Waals surface area contributed by atoms with E-state index in [1.165, 1.54) is 0 Å². The van der Waals surface area contributed by atoms with Crippen molar-refractivity contribution in [2.75, 3.05) is 13.2 Å². The minimum Gasteiger partial charge on any atom is -0.456 e. The maximum atomic E-state index is 12.3. The summed E-state index contributed by atoms with van der Waals surface area (Å²) < 4.78 is 10.3. The molecular formula is C18H23NO6. The zero-order valence-corrected chi connectivity index (χ0v) is 14.6. The van der Waals surface area contributed by atoms with Gasteiger partial charge in [-0.3, -0.25) is 9.69 Å². The fraction of sp³-hybridized carbons (Fsp3) is 0.500. The van der Waals surface area contributed by atoms with Crippen LogP contribution in [-0.2, 0) is 14.3 Å². The van der Waals surface area contributed by atoms with Crippen LogP contribution in [0.1, 0.15) is 37.6 Å². The van der Waals surface area contributed by atoms with E-state index in [2.05, 4.69) is 0 Å². The monoisotopic (exact) mass is 349 g/mol. The molecule has 2 rings (SSSR count). The molecule has 0 aromatic heterocycles. The number of likely N-dealkylation sites (tertiary alicyclic amines) is 1. The molecule has 0 spiro atoms. The summed E-state index contributed by atoms with van der Waals surface area (Å²) in [5.41, 5.74) is -0.284. The molecule has 25 heavy (non-hydrogen) atoms. The third-order valence-electron chi connectivity index (χ3n) is 3.62. The highest BCUT2D eigenvalue weighted by Crippen LogP contribution is 2.22. The van der Waals surface area contributed by atoms with Gasteiger partial charge in [-0.1, -0.05) is 30.3 Å². The first-order chi connectivity index (χ1) is 11.7. The van der Waals surface area contributed by atoms with E-state index in [0.29, 0.717) is 5.56 Å². The number of esters is 1. The summed E-state index contributed by atoms with van der Waals surface area (Å²) in [6, 6.07) is 7.50. The molecule has 1 aromatic rings. The molecule has 1 aliphatic rings. The summed E-state index contributed by atoms with van der Waals surface area (Å²) in [4.78, 5) is 37.6. The van der Waals surface area contributed by atoms with Crippen molar-refractivity contribution in [3.63, 3.8) is 0 Å². The van der Waals surface area contributed by atoms with E-state index < -0.39 is 36.4 Å². The number of carbonyl (C=O) groups excluding carboxylic acids is 3. The summed E-state index contributed by atoms with van der Waals surface area (Å²) in [5, 5.41) is 9.80. The molecule has 7 nitrogen and oxygen atoms in total. The number of Topliss-reactive ketones (excluding diaryl/α,β-unsaturated/α-hetero) is 1. The predicted octanol–water partition coefficient (Wildman–Crippen LogP) is 1.78. The lowest BCUT2D eigenvalue weighted by molar-refractivity contribution is -0.147. The molecule has 1 saturated heterocycles. The second-order valence-corrected chi connectivity index (χ2v) is 6.93. The van der Waals surface area contributed by atoms with Gasteiger partial charge in [0.25, 0.3) is 0 Å². The number of β-amino-alcohol motifs (C(OH)–C–C–N with tert-alkyl or cyclic N) is 1. The van der Waals surface area contributed by atoms with Crippen LogP contribution in [0.4, 0.5) is 4.79 Å². The number of hydrogen-bond acceptors (Lipinski definition) is 6. The topological polar surface area (TPSA) is 93.1 Å². The summed E-state index contributed by atoms with van der Waals surface area (Å²) in [7, 11) is 0.